The first-order valence-electron chi connectivity index (χ1n) is 6.96. The molecule has 2 aromatic rings. The topological polar surface area (TPSA) is 59.1 Å². The lowest BCUT2D eigenvalue weighted by atomic mass is 9.82. The molecule has 2 rings (SSSR count). The average molecular weight is 290 g/mol. The molecule has 0 fully saturated rings. The molecular formula is C15H23BN2O3+. The summed E-state index contributed by atoms with van der Waals surface area (Å²) >= 11 is 0. The van der Waals surface area contributed by atoms with Gasteiger partial charge in [0, 0.05) is 27.9 Å². The Balaban J connectivity index is 2.29. The molecule has 0 spiro atoms. The van der Waals surface area contributed by atoms with Crippen molar-refractivity contribution in [2.24, 2.45) is 14.1 Å². The van der Waals surface area contributed by atoms with E-state index in [1.165, 1.54) is 0 Å². The van der Waals surface area contributed by atoms with Gasteiger partial charge in [-0.1, -0.05) is 11.5 Å². The Morgan fingerprint density at radius 1 is 1.10 bits per heavy atom. The normalized spacial score (nSPS) is 12.9. The maximum absolute atomic E-state index is 11.9. The number of benzene rings is 1. The number of fused-ring (bicyclic) bond motifs is 1. The molecule has 5 nitrogen and oxygen atoms in total. The first-order chi connectivity index (χ1) is 9.54. The van der Waals surface area contributed by atoms with Crippen molar-refractivity contribution >= 4 is 24.0 Å². The van der Waals surface area contributed by atoms with Crippen molar-refractivity contribution in [1.82, 2.24) is 9.13 Å². The van der Waals surface area contributed by atoms with Gasteiger partial charge in [-0.05, 0) is 26.0 Å². The van der Waals surface area contributed by atoms with Crippen molar-refractivity contribution in [2.45, 2.75) is 38.9 Å². The largest absolute Gasteiger partial charge is 0.439 e. The molecule has 0 bridgehead atoms. The predicted octanol–water partition coefficient (Wildman–Crippen LogP) is 0.420. The van der Waals surface area contributed by atoms with Crippen LogP contribution in [0.15, 0.2) is 23.0 Å². The zero-order valence-electron chi connectivity index (χ0n) is 13.5. The molecule has 0 unspecified atom stereocenters. The number of hydrogen-bond acceptors (Lipinski definition) is 2. The van der Waals surface area contributed by atoms with Crippen molar-refractivity contribution in [3.63, 3.8) is 0 Å². The van der Waals surface area contributed by atoms with Crippen molar-refractivity contribution in [3.8, 4) is 0 Å². The summed E-state index contributed by atoms with van der Waals surface area (Å²) in [5.41, 5.74) is 1.26. The standard InChI is InChI=1S/C15H22BN2O3/c1-14(2,20)15(3,4)21-16-10-7-8-11-12(9-10)18(6)13(19)17(11)5/h7-9,20H,1-6H3/p+1. The van der Waals surface area contributed by atoms with Gasteiger partial charge in [-0.3, -0.25) is 9.13 Å². The molecule has 1 aromatic carbocycles. The molecule has 2 N–H and O–H groups in total. The van der Waals surface area contributed by atoms with E-state index in [0.29, 0.717) is 0 Å². The van der Waals surface area contributed by atoms with E-state index in [0.717, 1.165) is 16.5 Å². The van der Waals surface area contributed by atoms with Crippen LogP contribution in [0.25, 0.3) is 11.0 Å². The third-order valence-corrected chi connectivity index (χ3v) is 4.29. The van der Waals surface area contributed by atoms with Crippen molar-refractivity contribution in [2.75, 3.05) is 0 Å². The number of imidazole rings is 1. The lowest BCUT2D eigenvalue weighted by Crippen LogP contribution is -2.49. The third kappa shape index (κ3) is 2.78. The quantitative estimate of drug-likeness (QED) is 0.605. The number of aromatic nitrogens is 2. The van der Waals surface area contributed by atoms with E-state index in [2.05, 4.69) is 0 Å². The highest BCUT2D eigenvalue weighted by Crippen LogP contribution is 2.24. The lowest BCUT2D eigenvalue weighted by molar-refractivity contribution is -0.0893. The summed E-state index contributed by atoms with van der Waals surface area (Å²) in [4.78, 5) is 11.9. The van der Waals surface area contributed by atoms with Crippen molar-refractivity contribution in [1.29, 1.82) is 0 Å². The summed E-state index contributed by atoms with van der Waals surface area (Å²) in [5, 5.41) is 8.10. The summed E-state index contributed by atoms with van der Waals surface area (Å²) in [6, 6.07) is 5.74. The Bertz CT molecular complexity index is 723. The molecule has 21 heavy (non-hydrogen) atoms. The molecule has 0 saturated heterocycles. The molecule has 1 heterocycles. The Kier molecular flexibility index (Phi) is 3.80. The monoisotopic (exact) mass is 290 g/mol. The van der Waals surface area contributed by atoms with Crippen LogP contribution in [0.4, 0.5) is 0 Å². The first kappa shape index (κ1) is 15.9. The highest BCUT2D eigenvalue weighted by Gasteiger charge is 2.40. The minimum absolute atomic E-state index is 0.0457. The maximum atomic E-state index is 11.9. The predicted molar refractivity (Wildman–Crippen MR) is 86.4 cm³/mol. The molecule has 0 aliphatic rings. The summed E-state index contributed by atoms with van der Waals surface area (Å²) in [5.74, 6) is 0. The zero-order valence-corrected chi connectivity index (χ0v) is 13.5. The molecular weight excluding hydrogens is 267 g/mol. The number of hydrogen-bond donors (Lipinski definition) is 0. The molecule has 1 aromatic heterocycles. The highest BCUT2D eigenvalue weighted by molar-refractivity contribution is 6.47. The van der Waals surface area contributed by atoms with E-state index in [9.17, 15) is 4.79 Å². The van der Waals surface area contributed by atoms with Gasteiger partial charge >= 0.3 is 13.2 Å². The number of aryl methyl sites for hydroxylation is 2. The van der Waals surface area contributed by atoms with E-state index < -0.39 is 11.2 Å². The van der Waals surface area contributed by atoms with Crippen LogP contribution in [-0.2, 0) is 18.7 Å². The number of rotatable bonds is 4. The van der Waals surface area contributed by atoms with Gasteiger partial charge in [-0.2, -0.15) is 0 Å². The molecule has 0 saturated carbocycles. The van der Waals surface area contributed by atoms with Gasteiger partial charge in [-0.15, -0.1) is 0 Å². The summed E-state index contributed by atoms with van der Waals surface area (Å²) in [6.07, 6.45) is 0. The summed E-state index contributed by atoms with van der Waals surface area (Å²) in [7, 11) is 5.18. The van der Waals surface area contributed by atoms with E-state index in [1.807, 2.05) is 45.9 Å². The van der Waals surface area contributed by atoms with Crippen LogP contribution in [-0.4, -0.2) is 32.9 Å². The van der Waals surface area contributed by atoms with Gasteiger partial charge in [0.2, 0.25) is 0 Å². The molecule has 0 amide bonds. The SMILES string of the molecule is Cn1c(=O)n(C)c2cc([B]OC(C)(C)C(C)(C)[OH2+])ccc21. The van der Waals surface area contributed by atoms with Gasteiger partial charge in [0.25, 0.3) is 0 Å². The molecule has 6 heteroatoms. The molecule has 1 radical (unpaired) electrons. The fourth-order valence-corrected chi connectivity index (χ4v) is 1.96. The van der Waals surface area contributed by atoms with Gasteiger partial charge in [0.05, 0.1) is 11.0 Å². The lowest BCUT2D eigenvalue weighted by Gasteiger charge is -2.33. The van der Waals surface area contributed by atoms with Crippen LogP contribution in [0.3, 0.4) is 0 Å². The Hall–Kier alpha value is -1.53. The van der Waals surface area contributed by atoms with Crippen LogP contribution >= 0.6 is 0 Å². The van der Waals surface area contributed by atoms with E-state index >= 15 is 0 Å². The van der Waals surface area contributed by atoms with Crippen LogP contribution in [0, 0.1) is 0 Å². The second kappa shape index (κ2) is 5.03. The minimum Gasteiger partial charge on any atom is -0.439 e. The average Bonchev–Trinajstić information content (AvgIpc) is 2.60. The third-order valence-electron chi connectivity index (χ3n) is 4.29. The summed E-state index contributed by atoms with van der Waals surface area (Å²) in [6.45, 7) is 7.44. The molecule has 113 valence electrons. The fraction of sp³-hybridized carbons (Fsp3) is 0.533. The first-order valence-corrected chi connectivity index (χ1v) is 6.96. The Labute approximate surface area is 125 Å². The molecule has 0 aliphatic carbocycles. The van der Waals surface area contributed by atoms with Gasteiger partial charge < -0.3 is 9.76 Å². The minimum atomic E-state index is -0.715. The summed E-state index contributed by atoms with van der Waals surface area (Å²) < 4.78 is 9.04. The van der Waals surface area contributed by atoms with E-state index in [1.54, 1.807) is 30.7 Å². The Morgan fingerprint density at radius 2 is 1.67 bits per heavy atom. The van der Waals surface area contributed by atoms with Gasteiger partial charge in [0.1, 0.15) is 5.60 Å². The maximum Gasteiger partial charge on any atom is 0.331 e. The molecule has 0 atom stereocenters. The second-order valence-corrected chi connectivity index (χ2v) is 6.52. The van der Waals surface area contributed by atoms with Crippen LogP contribution < -0.4 is 11.2 Å². The zero-order chi connectivity index (χ0) is 16.0. The Morgan fingerprint density at radius 3 is 2.24 bits per heavy atom. The molecule has 0 aliphatic heterocycles. The second-order valence-electron chi connectivity index (χ2n) is 6.52. The van der Waals surface area contributed by atoms with E-state index in [4.69, 9.17) is 9.76 Å². The van der Waals surface area contributed by atoms with Gasteiger partial charge in [0.15, 0.2) is 5.60 Å². The smallest absolute Gasteiger partial charge is 0.331 e. The fourth-order valence-electron chi connectivity index (χ4n) is 1.96. The highest BCUT2D eigenvalue weighted by atomic mass is 16.5. The number of nitrogens with zero attached hydrogens (tertiary/aromatic N) is 2. The van der Waals surface area contributed by atoms with Crippen LogP contribution in [0.2, 0.25) is 0 Å². The van der Waals surface area contributed by atoms with Crippen molar-refractivity contribution < 1.29 is 9.76 Å². The van der Waals surface area contributed by atoms with Crippen LogP contribution in [0.1, 0.15) is 27.7 Å². The van der Waals surface area contributed by atoms with Gasteiger partial charge in [-0.25, -0.2) is 4.79 Å². The van der Waals surface area contributed by atoms with Crippen LogP contribution in [0.5, 0.6) is 0 Å². The van der Waals surface area contributed by atoms with Crippen molar-refractivity contribution in [3.05, 3.63) is 28.7 Å². The van der Waals surface area contributed by atoms with E-state index in [-0.39, 0.29) is 5.69 Å².